The van der Waals surface area contributed by atoms with E-state index in [9.17, 15) is 0 Å². The molecule has 0 radical (unpaired) electrons. The first-order valence-corrected chi connectivity index (χ1v) is 31.2. The summed E-state index contributed by atoms with van der Waals surface area (Å²) in [5.74, 6) is 0. The molecule has 0 atom stereocenters. The molecule has 0 aliphatic rings. The number of pyridine rings is 5. The topological polar surface area (TPSA) is 87.5 Å². The molecular weight excluding hydrogens is 1130 g/mol. The van der Waals surface area contributed by atoms with Gasteiger partial charge in [0.2, 0.25) is 0 Å². The van der Waals surface area contributed by atoms with E-state index >= 15 is 0 Å². The zero-order chi connectivity index (χ0) is 61.3. The predicted molar refractivity (Wildman–Crippen MR) is 380 cm³/mol. The van der Waals surface area contributed by atoms with E-state index in [4.69, 9.17) is 29.3 Å². The molecule has 18 aromatic rings. The van der Waals surface area contributed by atoms with Gasteiger partial charge >= 0.3 is 0 Å². The number of aromatic nitrogens is 7. The summed E-state index contributed by atoms with van der Waals surface area (Å²) in [7, 11) is 0. The quantitative estimate of drug-likeness (QED) is 0.128. The zero-order valence-electron chi connectivity index (χ0n) is 50.1. The van der Waals surface area contributed by atoms with Crippen molar-refractivity contribution >= 4 is 65.6 Å². The van der Waals surface area contributed by atoms with Crippen LogP contribution < -0.4 is 0 Å². The van der Waals surface area contributed by atoms with Crippen LogP contribution in [0.1, 0.15) is 0 Å². The fourth-order valence-corrected chi connectivity index (χ4v) is 14.0. The molecule has 8 nitrogen and oxygen atoms in total. The normalized spacial score (nSPS) is 11.7. The summed E-state index contributed by atoms with van der Waals surface area (Å²) >= 11 is 0. The van der Waals surface area contributed by atoms with E-state index < -0.39 is 0 Å². The Morgan fingerprint density at radius 1 is 0.247 bits per heavy atom. The number of fused-ring (bicyclic) bond motifs is 9. The summed E-state index contributed by atoms with van der Waals surface area (Å²) in [5.41, 5.74) is 26.7. The molecule has 434 valence electrons. The molecule has 0 saturated heterocycles. The smallest absolute Gasteiger partial charge is 0.159 e. The second kappa shape index (κ2) is 22.1. The maximum absolute atomic E-state index is 7.08. The third kappa shape index (κ3) is 9.10. The SMILES string of the molecule is c1ccc(-c2ccccc2-c2ccc3c(c2)c2cc(-c4ccccc4-c4ccccn4)ccc2n3-c2cncc(-c3ccc4oc5c(-n6c7ccc(-c8ccccc8-c8ccccn8)cc7c7cc(-c8ccccc8-c8ccccn8)ccc76)cccc5c4c3)c2)nc1. The monoisotopic (exact) mass is 1190 g/mol. The van der Waals surface area contributed by atoms with E-state index in [2.05, 4.69) is 246 Å². The van der Waals surface area contributed by atoms with Gasteiger partial charge in [0.15, 0.2) is 5.58 Å². The van der Waals surface area contributed by atoms with Crippen molar-refractivity contribution in [3.8, 4) is 112 Å². The van der Waals surface area contributed by atoms with Crippen LogP contribution in [-0.4, -0.2) is 34.1 Å². The molecule has 18 rings (SSSR count). The van der Waals surface area contributed by atoms with Gasteiger partial charge in [0.05, 0.1) is 62.4 Å². The minimum Gasteiger partial charge on any atom is -0.454 e. The fraction of sp³-hybridized carbons (Fsp3) is 0. The molecule has 93 heavy (non-hydrogen) atoms. The van der Waals surface area contributed by atoms with Gasteiger partial charge in [0.25, 0.3) is 0 Å². The highest BCUT2D eigenvalue weighted by Gasteiger charge is 2.23. The molecule has 0 fully saturated rings. The van der Waals surface area contributed by atoms with Gasteiger partial charge in [-0.25, -0.2) is 0 Å². The van der Waals surface area contributed by atoms with Gasteiger partial charge in [0, 0.05) is 91.1 Å². The molecule has 8 heteroatoms. The summed E-state index contributed by atoms with van der Waals surface area (Å²) in [6, 6.07) is 101. The molecular formula is C85H53N7O. The molecule has 0 N–H and O–H groups in total. The van der Waals surface area contributed by atoms with Crippen molar-refractivity contribution in [2.75, 3.05) is 0 Å². The second-order valence-electron chi connectivity index (χ2n) is 23.5. The van der Waals surface area contributed by atoms with Gasteiger partial charge in [0.1, 0.15) is 5.58 Å². The number of benzene rings is 10. The standard InChI is InChI=1S/C85H53N7O/c1-5-22-65(75-27-9-13-42-87-75)61(18-1)55-32-37-79-70(48-55)71-49-56(62-19-2-6-23-66(62)76-28-10-14-43-88-76)33-38-80(71)91(79)60-46-59(52-86-53-60)54-36-41-84-74(47-54)69-26-17-31-83(85(69)93-84)92-81-39-34-57(63-20-3-7-24-67(63)77-29-11-15-44-89-77)50-72(81)73-51-58(35-40-82(73)92)64-21-4-8-25-68(64)78-30-12-16-45-90-78/h1-53H. The molecule has 0 amide bonds. The minimum atomic E-state index is 0.802. The Kier molecular flexibility index (Phi) is 12.7. The Hall–Kier alpha value is -12.7. The molecule has 8 aromatic heterocycles. The van der Waals surface area contributed by atoms with E-state index in [0.717, 1.165) is 178 Å². The number of hydrogen-bond acceptors (Lipinski definition) is 6. The van der Waals surface area contributed by atoms with Crippen molar-refractivity contribution in [3.63, 3.8) is 0 Å². The Morgan fingerprint density at radius 3 is 1.01 bits per heavy atom. The van der Waals surface area contributed by atoms with Gasteiger partial charge in [-0.2, -0.15) is 0 Å². The maximum atomic E-state index is 7.08. The first-order valence-electron chi connectivity index (χ1n) is 31.2. The average Bonchev–Trinajstić information content (AvgIpc) is 1.61. The van der Waals surface area contributed by atoms with E-state index in [0.29, 0.717) is 0 Å². The average molecular weight is 1190 g/mol. The van der Waals surface area contributed by atoms with Gasteiger partial charge in [-0.15, -0.1) is 0 Å². The lowest BCUT2D eigenvalue weighted by Gasteiger charge is -2.12. The van der Waals surface area contributed by atoms with Crippen molar-refractivity contribution in [3.05, 3.63) is 322 Å². The van der Waals surface area contributed by atoms with Crippen LogP contribution in [-0.2, 0) is 0 Å². The van der Waals surface area contributed by atoms with Crippen LogP contribution in [0.4, 0.5) is 0 Å². The minimum absolute atomic E-state index is 0.802. The predicted octanol–water partition coefficient (Wildman–Crippen LogP) is 21.8. The largest absolute Gasteiger partial charge is 0.454 e. The van der Waals surface area contributed by atoms with Crippen LogP contribution in [0.3, 0.4) is 0 Å². The number of hydrogen-bond donors (Lipinski definition) is 0. The lowest BCUT2D eigenvalue weighted by Crippen LogP contribution is -1.96. The Morgan fingerprint density at radius 2 is 0.613 bits per heavy atom. The fourth-order valence-electron chi connectivity index (χ4n) is 14.0. The van der Waals surface area contributed by atoms with E-state index in [1.165, 1.54) is 0 Å². The lowest BCUT2D eigenvalue weighted by molar-refractivity contribution is 0.666. The van der Waals surface area contributed by atoms with Crippen LogP contribution in [0, 0.1) is 0 Å². The number of para-hydroxylation sites is 1. The van der Waals surface area contributed by atoms with Crippen LogP contribution in [0.25, 0.3) is 178 Å². The summed E-state index contributed by atoms with van der Waals surface area (Å²) in [4.78, 5) is 24.1. The first-order chi connectivity index (χ1) is 46.1. The molecule has 0 bridgehead atoms. The molecule has 0 aliphatic heterocycles. The second-order valence-corrected chi connectivity index (χ2v) is 23.5. The molecule has 0 aliphatic carbocycles. The summed E-state index contributed by atoms with van der Waals surface area (Å²) in [6.45, 7) is 0. The van der Waals surface area contributed by atoms with Gasteiger partial charge in [-0.1, -0.05) is 164 Å². The van der Waals surface area contributed by atoms with Crippen LogP contribution in [0.5, 0.6) is 0 Å². The highest BCUT2D eigenvalue weighted by atomic mass is 16.3. The molecule has 0 saturated carbocycles. The summed E-state index contributed by atoms with van der Waals surface area (Å²) in [5, 5.41) is 6.55. The lowest BCUT2D eigenvalue weighted by atomic mass is 9.94. The molecule has 10 aromatic carbocycles. The Labute approximate surface area is 535 Å². The van der Waals surface area contributed by atoms with E-state index in [-0.39, 0.29) is 0 Å². The molecule has 0 spiro atoms. The molecule has 8 heterocycles. The van der Waals surface area contributed by atoms with Gasteiger partial charge in [-0.05, 0) is 171 Å². The van der Waals surface area contributed by atoms with Gasteiger partial charge in [-0.3, -0.25) is 24.9 Å². The summed E-state index contributed by atoms with van der Waals surface area (Å²) in [6.07, 6.45) is 11.4. The van der Waals surface area contributed by atoms with Crippen molar-refractivity contribution < 1.29 is 4.42 Å². The highest BCUT2D eigenvalue weighted by Crippen LogP contribution is 2.45. The molecule has 0 unspecified atom stereocenters. The summed E-state index contributed by atoms with van der Waals surface area (Å²) < 4.78 is 11.8. The number of nitrogens with zero attached hydrogens (tertiary/aromatic N) is 7. The van der Waals surface area contributed by atoms with Gasteiger partial charge < -0.3 is 13.6 Å². The van der Waals surface area contributed by atoms with Crippen LogP contribution >= 0.6 is 0 Å². The third-order valence-corrected chi connectivity index (χ3v) is 18.3. The van der Waals surface area contributed by atoms with E-state index in [1.54, 1.807) is 0 Å². The Balaban J connectivity index is 0.776. The highest BCUT2D eigenvalue weighted by molar-refractivity contribution is 6.16. The van der Waals surface area contributed by atoms with Crippen LogP contribution in [0.2, 0.25) is 0 Å². The third-order valence-electron chi connectivity index (χ3n) is 18.3. The van der Waals surface area contributed by atoms with Crippen molar-refractivity contribution in [2.45, 2.75) is 0 Å². The van der Waals surface area contributed by atoms with E-state index in [1.807, 2.05) is 85.7 Å². The van der Waals surface area contributed by atoms with Crippen molar-refractivity contribution in [1.29, 1.82) is 0 Å². The maximum Gasteiger partial charge on any atom is 0.159 e. The zero-order valence-corrected chi connectivity index (χ0v) is 50.1. The van der Waals surface area contributed by atoms with Crippen LogP contribution in [0.15, 0.2) is 327 Å². The first kappa shape index (κ1) is 53.4. The Bertz CT molecular complexity index is 5650. The number of furan rings is 1. The number of rotatable bonds is 11. The van der Waals surface area contributed by atoms with Crippen molar-refractivity contribution in [1.82, 2.24) is 34.1 Å². The van der Waals surface area contributed by atoms with Crippen molar-refractivity contribution in [2.24, 2.45) is 0 Å².